The Morgan fingerprint density at radius 3 is 2.65 bits per heavy atom. The molecule has 0 radical (unpaired) electrons. The summed E-state index contributed by atoms with van der Waals surface area (Å²) in [7, 11) is 0. The third kappa shape index (κ3) is 4.05. The molecule has 0 saturated carbocycles. The number of nitrogens with one attached hydrogen (secondary N) is 1. The Bertz CT molecular complexity index is 960. The second kappa shape index (κ2) is 7.46. The molecule has 1 aromatic heterocycles. The van der Waals surface area contributed by atoms with Gasteiger partial charge in [-0.15, -0.1) is 0 Å². The smallest absolute Gasteiger partial charge is 0.264 e. The Hall–Kier alpha value is -2.40. The molecule has 0 atom stereocenters. The molecule has 0 saturated heterocycles. The van der Waals surface area contributed by atoms with Crippen molar-refractivity contribution in [3.63, 3.8) is 0 Å². The van der Waals surface area contributed by atoms with E-state index in [1.807, 2.05) is 19.9 Å². The lowest BCUT2D eigenvalue weighted by atomic mass is 10.0. The number of amides is 1. The Labute approximate surface area is 158 Å². The van der Waals surface area contributed by atoms with Crippen LogP contribution in [0.15, 0.2) is 30.3 Å². The van der Waals surface area contributed by atoms with Gasteiger partial charge in [-0.2, -0.15) is 0 Å². The van der Waals surface area contributed by atoms with Gasteiger partial charge in [0, 0.05) is 0 Å². The molecule has 3 rings (SSSR count). The first-order valence-corrected chi connectivity index (χ1v) is 9.56. The molecule has 0 aliphatic heterocycles. The molecule has 3 aromatic rings. The van der Waals surface area contributed by atoms with Crippen LogP contribution in [0.5, 0.6) is 5.75 Å². The van der Waals surface area contributed by atoms with Crippen LogP contribution in [0.3, 0.4) is 0 Å². The van der Waals surface area contributed by atoms with E-state index in [9.17, 15) is 4.79 Å². The highest BCUT2D eigenvalue weighted by Crippen LogP contribution is 2.30. The van der Waals surface area contributed by atoms with Crippen LogP contribution in [0.25, 0.3) is 10.2 Å². The Balaban J connectivity index is 1.70. The number of carbonyl (C=O) groups is 1. The van der Waals surface area contributed by atoms with E-state index in [0.717, 1.165) is 32.7 Å². The fourth-order valence-corrected chi connectivity index (χ4v) is 4.02. The van der Waals surface area contributed by atoms with Crippen LogP contribution in [0, 0.1) is 20.8 Å². The maximum atomic E-state index is 12.3. The standard InChI is InChI=1S/C21H24N2O2S/c1-12(2)16-7-6-13(3)9-17(16)25-11-19(24)22-21-23-20-15(5)8-14(4)10-18(20)26-21/h6-10,12H,11H2,1-5H3,(H,22,23,24). The number of hydrogen-bond donors (Lipinski definition) is 1. The quantitative estimate of drug-likeness (QED) is 0.659. The minimum atomic E-state index is -0.199. The summed E-state index contributed by atoms with van der Waals surface area (Å²) in [4.78, 5) is 16.9. The van der Waals surface area contributed by atoms with Gasteiger partial charge in [0.05, 0.1) is 10.2 Å². The summed E-state index contributed by atoms with van der Waals surface area (Å²) in [6, 6.07) is 10.3. The van der Waals surface area contributed by atoms with E-state index in [0.29, 0.717) is 11.0 Å². The minimum absolute atomic E-state index is 0.0306. The van der Waals surface area contributed by atoms with E-state index in [1.165, 1.54) is 16.9 Å². The zero-order chi connectivity index (χ0) is 18.8. The molecule has 0 aliphatic carbocycles. The van der Waals surface area contributed by atoms with Crippen LogP contribution < -0.4 is 10.1 Å². The van der Waals surface area contributed by atoms with Gasteiger partial charge < -0.3 is 4.74 Å². The number of benzene rings is 2. The Kier molecular flexibility index (Phi) is 5.28. The normalized spacial score (nSPS) is 11.2. The molecule has 0 spiro atoms. The van der Waals surface area contributed by atoms with Crippen LogP contribution in [0.1, 0.15) is 42.0 Å². The molecule has 0 aliphatic rings. The van der Waals surface area contributed by atoms with Crippen molar-refractivity contribution >= 4 is 32.6 Å². The Morgan fingerprint density at radius 1 is 1.15 bits per heavy atom. The SMILES string of the molecule is Cc1ccc(C(C)C)c(OCC(=O)Nc2nc3c(C)cc(C)cc3s2)c1. The number of rotatable bonds is 5. The van der Waals surface area contributed by atoms with Crippen molar-refractivity contribution in [3.05, 3.63) is 52.6 Å². The number of carbonyl (C=O) groups excluding carboxylic acids is 1. The molecule has 0 fully saturated rings. The fourth-order valence-electron chi connectivity index (χ4n) is 2.97. The Morgan fingerprint density at radius 2 is 1.92 bits per heavy atom. The van der Waals surface area contributed by atoms with Gasteiger partial charge >= 0.3 is 0 Å². The van der Waals surface area contributed by atoms with Crippen molar-refractivity contribution in [2.45, 2.75) is 40.5 Å². The van der Waals surface area contributed by atoms with Gasteiger partial charge in [0.15, 0.2) is 11.7 Å². The largest absolute Gasteiger partial charge is 0.483 e. The van der Waals surface area contributed by atoms with Crippen LogP contribution in [-0.2, 0) is 4.79 Å². The lowest BCUT2D eigenvalue weighted by Gasteiger charge is -2.14. The monoisotopic (exact) mass is 368 g/mol. The summed E-state index contributed by atoms with van der Waals surface area (Å²) in [5.41, 5.74) is 5.48. The number of hydrogen-bond acceptors (Lipinski definition) is 4. The molecule has 2 aromatic carbocycles. The van der Waals surface area contributed by atoms with E-state index in [2.05, 4.69) is 55.3 Å². The highest BCUT2D eigenvalue weighted by Gasteiger charge is 2.13. The highest BCUT2D eigenvalue weighted by molar-refractivity contribution is 7.22. The first-order chi connectivity index (χ1) is 12.3. The number of nitrogens with zero attached hydrogens (tertiary/aromatic N) is 1. The first kappa shape index (κ1) is 18.4. The highest BCUT2D eigenvalue weighted by atomic mass is 32.1. The molecule has 0 unspecified atom stereocenters. The van der Waals surface area contributed by atoms with Crippen LogP contribution >= 0.6 is 11.3 Å². The minimum Gasteiger partial charge on any atom is -0.483 e. The van der Waals surface area contributed by atoms with Gasteiger partial charge in [-0.25, -0.2) is 4.98 Å². The number of aromatic nitrogens is 1. The molecule has 136 valence electrons. The molecule has 1 N–H and O–H groups in total. The van der Waals surface area contributed by atoms with Crippen molar-refractivity contribution in [2.24, 2.45) is 0 Å². The molecule has 5 heteroatoms. The van der Waals surface area contributed by atoms with Crippen LogP contribution in [-0.4, -0.2) is 17.5 Å². The molecule has 1 amide bonds. The van der Waals surface area contributed by atoms with Gasteiger partial charge in [0.2, 0.25) is 0 Å². The maximum Gasteiger partial charge on any atom is 0.264 e. The number of fused-ring (bicyclic) bond motifs is 1. The lowest BCUT2D eigenvalue weighted by molar-refractivity contribution is -0.118. The van der Waals surface area contributed by atoms with Gasteiger partial charge in [-0.05, 0) is 61.1 Å². The summed E-state index contributed by atoms with van der Waals surface area (Å²) in [5, 5.41) is 3.46. The molecular formula is C21H24N2O2S. The molecular weight excluding hydrogens is 344 g/mol. The van der Waals surface area contributed by atoms with Gasteiger partial charge in [0.25, 0.3) is 5.91 Å². The molecule has 26 heavy (non-hydrogen) atoms. The van der Waals surface area contributed by atoms with Crippen molar-refractivity contribution in [2.75, 3.05) is 11.9 Å². The van der Waals surface area contributed by atoms with Gasteiger partial charge in [0.1, 0.15) is 5.75 Å². The van der Waals surface area contributed by atoms with Crippen LogP contribution in [0.2, 0.25) is 0 Å². The zero-order valence-corrected chi connectivity index (χ0v) is 16.7. The maximum absolute atomic E-state index is 12.3. The fraction of sp³-hybridized carbons (Fsp3) is 0.333. The first-order valence-electron chi connectivity index (χ1n) is 8.74. The van der Waals surface area contributed by atoms with Crippen LogP contribution in [0.4, 0.5) is 5.13 Å². The second-order valence-corrected chi connectivity index (χ2v) is 8.01. The van der Waals surface area contributed by atoms with Crippen molar-refractivity contribution in [1.29, 1.82) is 0 Å². The van der Waals surface area contributed by atoms with E-state index >= 15 is 0 Å². The number of thiazole rings is 1. The van der Waals surface area contributed by atoms with E-state index in [-0.39, 0.29) is 12.5 Å². The molecule has 0 bridgehead atoms. The average molecular weight is 369 g/mol. The summed E-state index contributed by atoms with van der Waals surface area (Å²) < 4.78 is 6.88. The predicted molar refractivity (Wildman–Crippen MR) is 108 cm³/mol. The summed E-state index contributed by atoms with van der Waals surface area (Å²) in [6.07, 6.45) is 0. The lowest BCUT2D eigenvalue weighted by Crippen LogP contribution is -2.20. The van der Waals surface area contributed by atoms with Gasteiger partial charge in [-0.1, -0.05) is 43.4 Å². The number of aryl methyl sites for hydroxylation is 3. The summed E-state index contributed by atoms with van der Waals surface area (Å²) >= 11 is 1.49. The van der Waals surface area contributed by atoms with Gasteiger partial charge in [-0.3, -0.25) is 10.1 Å². The zero-order valence-electron chi connectivity index (χ0n) is 15.8. The predicted octanol–water partition coefficient (Wildman–Crippen LogP) is 5.36. The third-order valence-corrected chi connectivity index (χ3v) is 5.14. The van der Waals surface area contributed by atoms with E-state index < -0.39 is 0 Å². The topological polar surface area (TPSA) is 51.2 Å². The summed E-state index contributed by atoms with van der Waals surface area (Å²) in [6.45, 7) is 10.3. The number of ether oxygens (including phenoxy) is 1. The molecule has 4 nitrogen and oxygen atoms in total. The van der Waals surface area contributed by atoms with E-state index in [4.69, 9.17) is 4.74 Å². The molecule has 1 heterocycles. The average Bonchev–Trinajstić information content (AvgIpc) is 2.95. The van der Waals surface area contributed by atoms with E-state index in [1.54, 1.807) is 0 Å². The summed E-state index contributed by atoms with van der Waals surface area (Å²) in [5.74, 6) is 0.907. The van der Waals surface area contributed by atoms with Crippen molar-refractivity contribution in [1.82, 2.24) is 4.98 Å². The second-order valence-electron chi connectivity index (χ2n) is 6.98. The third-order valence-electron chi connectivity index (χ3n) is 4.23. The van der Waals surface area contributed by atoms with Crippen molar-refractivity contribution in [3.8, 4) is 5.75 Å². The van der Waals surface area contributed by atoms with Crippen molar-refractivity contribution < 1.29 is 9.53 Å². The number of anilines is 1.